The van der Waals surface area contributed by atoms with E-state index in [0.29, 0.717) is 19.8 Å². The lowest BCUT2D eigenvalue weighted by molar-refractivity contribution is 0.0562. The van der Waals surface area contributed by atoms with E-state index < -0.39 is 0 Å². The lowest BCUT2D eigenvalue weighted by Crippen LogP contribution is -2.20. The van der Waals surface area contributed by atoms with Crippen molar-refractivity contribution in [1.29, 1.82) is 0 Å². The van der Waals surface area contributed by atoms with Gasteiger partial charge in [0.05, 0.1) is 19.8 Å². The van der Waals surface area contributed by atoms with Crippen LogP contribution in [0.1, 0.15) is 26.7 Å². The summed E-state index contributed by atoms with van der Waals surface area (Å²) in [5.41, 5.74) is 1.10. The summed E-state index contributed by atoms with van der Waals surface area (Å²) in [6, 6.07) is 0. The van der Waals surface area contributed by atoms with Crippen LogP contribution in [0.4, 0.5) is 0 Å². The normalized spacial score (nSPS) is 10.5. The molecule has 0 saturated carbocycles. The standard InChI is InChI=1S/C12H25NO2/c1-4-6-13-10-12(3)11-15-9-8-14-7-5-2/h13H,3-11H2,1-2H3. The van der Waals surface area contributed by atoms with Gasteiger partial charge >= 0.3 is 0 Å². The minimum absolute atomic E-state index is 0.631. The highest BCUT2D eigenvalue weighted by Crippen LogP contribution is 1.90. The maximum absolute atomic E-state index is 5.41. The van der Waals surface area contributed by atoms with Crippen LogP contribution >= 0.6 is 0 Å². The Bertz CT molecular complexity index is 149. The van der Waals surface area contributed by atoms with E-state index in [2.05, 4.69) is 25.7 Å². The van der Waals surface area contributed by atoms with E-state index >= 15 is 0 Å². The molecule has 0 heterocycles. The maximum Gasteiger partial charge on any atom is 0.0704 e. The van der Waals surface area contributed by atoms with Gasteiger partial charge in [-0.1, -0.05) is 20.4 Å². The van der Waals surface area contributed by atoms with Crippen molar-refractivity contribution < 1.29 is 9.47 Å². The van der Waals surface area contributed by atoms with Crippen molar-refractivity contribution in [1.82, 2.24) is 5.32 Å². The van der Waals surface area contributed by atoms with E-state index in [-0.39, 0.29) is 0 Å². The molecule has 1 N–H and O–H groups in total. The molecule has 0 radical (unpaired) electrons. The number of ether oxygens (including phenoxy) is 2. The molecule has 0 aliphatic rings. The van der Waals surface area contributed by atoms with Crippen LogP contribution in [0, 0.1) is 0 Å². The highest BCUT2D eigenvalue weighted by molar-refractivity contribution is 4.96. The Morgan fingerprint density at radius 1 is 1.07 bits per heavy atom. The molecule has 0 amide bonds. The van der Waals surface area contributed by atoms with Gasteiger partial charge in [-0.25, -0.2) is 0 Å². The first-order valence-corrected chi connectivity index (χ1v) is 5.84. The number of rotatable bonds is 11. The first kappa shape index (κ1) is 14.6. The first-order chi connectivity index (χ1) is 7.31. The Kier molecular flexibility index (Phi) is 11.4. The molecular weight excluding hydrogens is 190 g/mol. The van der Waals surface area contributed by atoms with Crippen LogP contribution in [0.2, 0.25) is 0 Å². The minimum atomic E-state index is 0.631. The van der Waals surface area contributed by atoms with Crippen molar-refractivity contribution in [2.75, 3.05) is 39.5 Å². The van der Waals surface area contributed by atoms with Gasteiger partial charge in [0.2, 0.25) is 0 Å². The number of hydrogen-bond acceptors (Lipinski definition) is 3. The van der Waals surface area contributed by atoms with Gasteiger partial charge in [0, 0.05) is 13.2 Å². The average Bonchev–Trinajstić information content (AvgIpc) is 2.23. The third-order valence-electron chi connectivity index (χ3n) is 1.83. The van der Waals surface area contributed by atoms with Gasteiger partial charge < -0.3 is 14.8 Å². The number of hydrogen-bond donors (Lipinski definition) is 1. The highest BCUT2D eigenvalue weighted by Gasteiger charge is 1.94. The van der Waals surface area contributed by atoms with Crippen molar-refractivity contribution >= 4 is 0 Å². The second-order valence-electron chi connectivity index (χ2n) is 3.59. The molecule has 0 unspecified atom stereocenters. The summed E-state index contributed by atoms with van der Waals surface area (Å²) in [7, 11) is 0. The molecule has 0 aliphatic heterocycles. The quantitative estimate of drug-likeness (QED) is 0.422. The predicted molar refractivity (Wildman–Crippen MR) is 64.2 cm³/mol. The smallest absolute Gasteiger partial charge is 0.0704 e. The zero-order chi connectivity index (χ0) is 11.4. The van der Waals surface area contributed by atoms with Crippen LogP contribution in [-0.4, -0.2) is 39.5 Å². The molecule has 15 heavy (non-hydrogen) atoms. The van der Waals surface area contributed by atoms with E-state index in [1.54, 1.807) is 0 Å². The molecule has 0 rings (SSSR count). The van der Waals surface area contributed by atoms with Gasteiger partial charge in [-0.15, -0.1) is 0 Å². The van der Waals surface area contributed by atoms with Gasteiger partial charge in [0.1, 0.15) is 0 Å². The zero-order valence-electron chi connectivity index (χ0n) is 10.2. The maximum atomic E-state index is 5.41. The largest absolute Gasteiger partial charge is 0.379 e. The summed E-state index contributed by atoms with van der Waals surface area (Å²) in [5, 5.41) is 3.29. The van der Waals surface area contributed by atoms with Crippen LogP contribution in [0.15, 0.2) is 12.2 Å². The Balaban J connectivity index is 3.10. The second-order valence-corrected chi connectivity index (χ2v) is 3.59. The van der Waals surface area contributed by atoms with E-state index in [1.165, 1.54) is 0 Å². The van der Waals surface area contributed by atoms with Crippen molar-refractivity contribution in [2.24, 2.45) is 0 Å². The lowest BCUT2D eigenvalue weighted by atomic mass is 10.3. The SMILES string of the molecule is C=C(CNCCC)COCCOCCC. The predicted octanol–water partition coefficient (Wildman–Crippen LogP) is 1.99. The van der Waals surface area contributed by atoms with Gasteiger partial charge in [-0.2, -0.15) is 0 Å². The molecule has 0 aromatic carbocycles. The third kappa shape index (κ3) is 11.5. The molecular formula is C12H25NO2. The molecule has 0 fully saturated rings. The van der Waals surface area contributed by atoms with E-state index in [4.69, 9.17) is 9.47 Å². The van der Waals surface area contributed by atoms with E-state index in [9.17, 15) is 0 Å². The highest BCUT2D eigenvalue weighted by atomic mass is 16.5. The van der Waals surface area contributed by atoms with Gasteiger partial charge in [0.25, 0.3) is 0 Å². The molecule has 0 saturated heterocycles. The molecule has 3 nitrogen and oxygen atoms in total. The fraction of sp³-hybridized carbons (Fsp3) is 0.833. The topological polar surface area (TPSA) is 30.5 Å². The van der Waals surface area contributed by atoms with Crippen LogP contribution in [0.25, 0.3) is 0 Å². The summed E-state index contributed by atoms with van der Waals surface area (Å²) in [5.74, 6) is 0. The van der Waals surface area contributed by atoms with Crippen molar-refractivity contribution in [3.8, 4) is 0 Å². The minimum Gasteiger partial charge on any atom is -0.379 e. The van der Waals surface area contributed by atoms with Gasteiger partial charge in [-0.05, 0) is 25.0 Å². The lowest BCUT2D eigenvalue weighted by Gasteiger charge is -2.08. The van der Waals surface area contributed by atoms with Crippen molar-refractivity contribution in [3.05, 3.63) is 12.2 Å². The van der Waals surface area contributed by atoms with Crippen LogP contribution in [0.3, 0.4) is 0 Å². The summed E-state index contributed by atoms with van der Waals surface area (Å²) in [4.78, 5) is 0. The van der Waals surface area contributed by atoms with E-state index in [1.807, 2.05) is 0 Å². The van der Waals surface area contributed by atoms with Gasteiger partial charge in [-0.3, -0.25) is 0 Å². The summed E-state index contributed by atoms with van der Waals surface area (Å²) >= 11 is 0. The van der Waals surface area contributed by atoms with Crippen LogP contribution < -0.4 is 5.32 Å². The first-order valence-electron chi connectivity index (χ1n) is 5.84. The van der Waals surface area contributed by atoms with Gasteiger partial charge in [0.15, 0.2) is 0 Å². The fourth-order valence-electron chi connectivity index (χ4n) is 1.07. The second kappa shape index (κ2) is 11.7. The number of nitrogens with one attached hydrogen (secondary N) is 1. The fourth-order valence-corrected chi connectivity index (χ4v) is 1.07. The van der Waals surface area contributed by atoms with E-state index in [0.717, 1.165) is 38.1 Å². The summed E-state index contributed by atoms with van der Waals surface area (Å²) in [6.07, 6.45) is 2.21. The average molecular weight is 215 g/mol. The Labute approximate surface area is 93.8 Å². The Morgan fingerprint density at radius 2 is 1.80 bits per heavy atom. The van der Waals surface area contributed by atoms with Crippen LogP contribution in [-0.2, 0) is 9.47 Å². The Morgan fingerprint density at radius 3 is 2.47 bits per heavy atom. The molecule has 0 atom stereocenters. The molecule has 0 aliphatic carbocycles. The molecule has 90 valence electrons. The summed E-state index contributed by atoms with van der Waals surface area (Å²) < 4.78 is 10.7. The molecule has 0 aromatic heterocycles. The third-order valence-corrected chi connectivity index (χ3v) is 1.83. The van der Waals surface area contributed by atoms with Crippen molar-refractivity contribution in [2.45, 2.75) is 26.7 Å². The summed E-state index contributed by atoms with van der Waals surface area (Å²) in [6.45, 7) is 12.9. The van der Waals surface area contributed by atoms with Crippen LogP contribution in [0.5, 0.6) is 0 Å². The molecule has 0 spiro atoms. The van der Waals surface area contributed by atoms with Crippen molar-refractivity contribution in [3.63, 3.8) is 0 Å². The molecule has 3 heteroatoms. The zero-order valence-corrected chi connectivity index (χ0v) is 10.2. The monoisotopic (exact) mass is 215 g/mol. The molecule has 0 aromatic rings. The Hall–Kier alpha value is -0.380. The molecule has 0 bridgehead atoms.